The molecule has 3 rings (SSSR count). The molecule has 110 valence electrons. The second kappa shape index (κ2) is 6.72. The van der Waals surface area contributed by atoms with Gasteiger partial charge in [-0.15, -0.1) is 0 Å². The summed E-state index contributed by atoms with van der Waals surface area (Å²) in [6.45, 7) is 0.830. The molecule has 3 heteroatoms. The third-order valence-corrected chi connectivity index (χ3v) is 4.40. The van der Waals surface area contributed by atoms with Crippen LogP contribution in [0.15, 0.2) is 48.7 Å². The Morgan fingerprint density at radius 3 is 2.33 bits per heavy atom. The first-order chi connectivity index (χ1) is 10.3. The molecule has 0 aliphatic heterocycles. The van der Waals surface area contributed by atoms with Crippen molar-refractivity contribution in [2.75, 3.05) is 11.9 Å². The quantitative estimate of drug-likeness (QED) is 0.899. The first-order valence-corrected chi connectivity index (χ1v) is 7.83. The molecule has 0 atom stereocenters. The highest BCUT2D eigenvalue weighted by Crippen LogP contribution is 2.26. The van der Waals surface area contributed by atoms with Crippen LogP contribution in [0.2, 0.25) is 0 Å². The first-order valence-electron chi connectivity index (χ1n) is 7.83. The molecular formula is C18H23N3. The number of nitrogens with zero attached hydrogens (tertiary/aromatic N) is 1. The smallest absolute Gasteiger partial charge is 0.126 e. The Hall–Kier alpha value is -1.87. The lowest BCUT2D eigenvalue weighted by Gasteiger charge is -2.28. The van der Waals surface area contributed by atoms with Crippen LogP contribution in [0.1, 0.15) is 25.7 Å². The summed E-state index contributed by atoms with van der Waals surface area (Å²) in [6.07, 6.45) is 6.81. The van der Waals surface area contributed by atoms with Crippen LogP contribution in [-0.4, -0.2) is 17.6 Å². The fraction of sp³-hybridized carbons (Fsp3) is 0.389. The second-order valence-corrected chi connectivity index (χ2v) is 5.90. The van der Waals surface area contributed by atoms with Gasteiger partial charge in [-0.05, 0) is 55.8 Å². The van der Waals surface area contributed by atoms with E-state index in [-0.39, 0.29) is 0 Å². The third kappa shape index (κ3) is 3.61. The van der Waals surface area contributed by atoms with Crippen molar-refractivity contribution in [2.24, 2.45) is 11.7 Å². The van der Waals surface area contributed by atoms with Crippen molar-refractivity contribution < 1.29 is 0 Å². The van der Waals surface area contributed by atoms with Crippen molar-refractivity contribution in [3.8, 4) is 11.1 Å². The SMILES string of the molecule is NCC1CCC(Nc2ccc(-c3ccccc3)cn2)CC1. The van der Waals surface area contributed by atoms with Crippen molar-refractivity contribution in [3.05, 3.63) is 48.7 Å². The van der Waals surface area contributed by atoms with E-state index in [1.165, 1.54) is 31.2 Å². The molecule has 0 radical (unpaired) electrons. The Balaban J connectivity index is 1.60. The fourth-order valence-electron chi connectivity index (χ4n) is 3.03. The standard InChI is InChI=1S/C18H23N3/c19-12-14-6-9-17(10-7-14)21-18-11-8-16(13-20-18)15-4-2-1-3-5-15/h1-5,8,11,13-14,17H,6-7,9-10,12,19H2,(H,20,21). The van der Waals surface area contributed by atoms with Crippen molar-refractivity contribution in [1.29, 1.82) is 0 Å². The van der Waals surface area contributed by atoms with E-state index >= 15 is 0 Å². The number of benzene rings is 1. The highest BCUT2D eigenvalue weighted by molar-refractivity contribution is 5.63. The Morgan fingerprint density at radius 1 is 0.952 bits per heavy atom. The molecule has 0 amide bonds. The van der Waals surface area contributed by atoms with Crippen LogP contribution in [0, 0.1) is 5.92 Å². The van der Waals surface area contributed by atoms with Gasteiger partial charge in [-0.2, -0.15) is 0 Å². The van der Waals surface area contributed by atoms with Gasteiger partial charge < -0.3 is 11.1 Å². The zero-order valence-corrected chi connectivity index (χ0v) is 12.3. The second-order valence-electron chi connectivity index (χ2n) is 5.90. The topological polar surface area (TPSA) is 50.9 Å². The predicted octanol–water partition coefficient (Wildman–Crippen LogP) is 3.68. The maximum Gasteiger partial charge on any atom is 0.126 e. The minimum Gasteiger partial charge on any atom is -0.367 e. The van der Waals surface area contributed by atoms with Crippen LogP contribution in [0.4, 0.5) is 5.82 Å². The predicted molar refractivity (Wildman–Crippen MR) is 88.1 cm³/mol. The van der Waals surface area contributed by atoms with Crippen molar-refractivity contribution in [2.45, 2.75) is 31.7 Å². The summed E-state index contributed by atoms with van der Waals surface area (Å²) in [6, 6.07) is 15.1. The highest BCUT2D eigenvalue weighted by atomic mass is 15.0. The summed E-state index contributed by atoms with van der Waals surface area (Å²) >= 11 is 0. The monoisotopic (exact) mass is 281 g/mol. The summed E-state index contributed by atoms with van der Waals surface area (Å²) < 4.78 is 0. The van der Waals surface area contributed by atoms with E-state index in [9.17, 15) is 0 Å². The number of aromatic nitrogens is 1. The molecule has 1 fully saturated rings. The number of rotatable bonds is 4. The van der Waals surface area contributed by atoms with Crippen LogP contribution in [0.5, 0.6) is 0 Å². The van der Waals surface area contributed by atoms with E-state index in [1.807, 2.05) is 12.3 Å². The fourth-order valence-corrected chi connectivity index (χ4v) is 3.03. The van der Waals surface area contributed by atoms with Crippen LogP contribution in [-0.2, 0) is 0 Å². The van der Waals surface area contributed by atoms with E-state index in [2.05, 4.69) is 46.7 Å². The summed E-state index contributed by atoms with van der Waals surface area (Å²) in [5.41, 5.74) is 8.11. The average Bonchev–Trinajstić information content (AvgIpc) is 2.57. The molecule has 1 heterocycles. The van der Waals surface area contributed by atoms with E-state index in [0.29, 0.717) is 6.04 Å². The minimum atomic E-state index is 0.544. The number of anilines is 1. The van der Waals surface area contributed by atoms with Gasteiger partial charge in [0, 0.05) is 17.8 Å². The maximum atomic E-state index is 5.74. The molecule has 0 bridgehead atoms. The highest BCUT2D eigenvalue weighted by Gasteiger charge is 2.20. The van der Waals surface area contributed by atoms with Crippen LogP contribution < -0.4 is 11.1 Å². The lowest BCUT2D eigenvalue weighted by molar-refractivity contribution is 0.344. The third-order valence-electron chi connectivity index (χ3n) is 4.40. The van der Waals surface area contributed by atoms with Crippen LogP contribution >= 0.6 is 0 Å². The molecule has 21 heavy (non-hydrogen) atoms. The summed E-state index contributed by atoms with van der Waals surface area (Å²) in [7, 11) is 0. The molecule has 0 spiro atoms. The number of nitrogens with two attached hydrogens (primary N) is 1. The summed E-state index contributed by atoms with van der Waals surface area (Å²) in [5, 5.41) is 3.55. The summed E-state index contributed by atoms with van der Waals surface area (Å²) in [4.78, 5) is 4.55. The molecule has 1 aliphatic carbocycles. The lowest BCUT2D eigenvalue weighted by Crippen LogP contribution is -2.29. The largest absolute Gasteiger partial charge is 0.367 e. The Kier molecular flexibility index (Phi) is 4.51. The number of pyridine rings is 1. The van der Waals surface area contributed by atoms with E-state index in [1.54, 1.807) is 0 Å². The van der Waals surface area contributed by atoms with Gasteiger partial charge in [0.2, 0.25) is 0 Å². The number of hydrogen-bond acceptors (Lipinski definition) is 3. The van der Waals surface area contributed by atoms with Gasteiger partial charge in [-0.25, -0.2) is 4.98 Å². The van der Waals surface area contributed by atoms with Gasteiger partial charge in [0.25, 0.3) is 0 Å². The Morgan fingerprint density at radius 2 is 1.71 bits per heavy atom. The first kappa shape index (κ1) is 14.1. The zero-order chi connectivity index (χ0) is 14.5. The molecule has 1 saturated carbocycles. The zero-order valence-electron chi connectivity index (χ0n) is 12.3. The van der Waals surface area contributed by atoms with Crippen molar-refractivity contribution in [1.82, 2.24) is 4.98 Å². The van der Waals surface area contributed by atoms with Crippen LogP contribution in [0.25, 0.3) is 11.1 Å². The van der Waals surface area contributed by atoms with Gasteiger partial charge in [0.05, 0.1) is 0 Å². The molecule has 3 nitrogen and oxygen atoms in total. The minimum absolute atomic E-state index is 0.544. The molecule has 3 N–H and O–H groups in total. The Labute approximate surface area is 126 Å². The normalized spacial score (nSPS) is 22.0. The molecule has 1 aromatic heterocycles. The van der Waals surface area contributed by atoms with Crippen molar-refractivity contribution >= 4 is 5.82 Å². The lowest BCUT2D eigenvalue weighted by atomic mass is 9.86. The number of nitrogens with one attached hydrogen (secondary N) is 1. The maximum absolute atomic E-state index is 5.74. The molecule has 1 aromatic carbocycles. The molecule has 1 aliphatic rings. The van der Waals surface area contributed by atoms with E-state index < -0.39 is 0 Å². The molecule has 0 saturated heterocycles. The molecular weight excluding hydrogens is 258 g/mol. The summed E-state index contributed by atoms with van der Waals surface area (Å²) in [5.74, 6) is 1.70. The van der Waals surface area contributed by atoms with Crippen LogP contribution in [0.3, 0.4) is 0 Å². The molecule has 0 unspecified atom stereocenters. The van der Waals surface area contributed by atoms with E-state index in [0.717, 1.165) is 23.8 Å². The molecule has 2 aromatic rings. The van der Waals surface area contributed by atoms with Gasteiger partial charge in [0.15, 0.2) is 0 Å². The Bertz CT molecular complexity index is 542. The van der Waals surface area contributed by atoms with Gasteiger partial charge in [-0.1, -0.05) is 30.3 Å². The van der Waals surface area contributed by atoms with Crippen molar-refractivity contribution in [3.63, 3.8) is 0 Å². The average molecular weight is 281 g/mol. The van der Waals surface area contributed by atoms with E-state index in [4.69, 9.17) is 5.73 Å². The van der Waals surface area contributed by atoms with Gasteiger partial charge in [0.1, 0.15) is 5.82 Å². The van der Waals surface area contributed by atoms with Gasteiger partial charge in [-0.3, -0.25) is 0 Å². The van der Waals surface area contributed by atoms with Gasteiger partial charge >= 0.3 is 0 Å². The number of hydrogen-bond donors (Lipinski definition) is 2.